The molecule has 2 atom stereocenters. The molecule has 0 heterocycles. The highest BCUT2D eigenvalue weighted by atomic mass is 28.3. The second-order valence-corrected chi connectivity index (χ2v) is 10.1. The maximum atomic E-state index is 11.0. The molecule has 1 N–H and O–H groups in total. The fourth-order valence-electron chi connectivity index (χ4n) is 2.85. The highest BCUT2D eigenvalue weighted by Gasteiger charge is 2.51. The SMILES string of the molecule is CC1=C[C@@H](C(C)(C)C)CC(C)(C)[C@@]1(O)O[SiH](C)C. The maximum absolute atomic E-state index is 11.0. The lowest BCUT2D eigenvalue weighted by Gasteiger charge is -2.51. The Bertz CT molecular complexity index is 339. The molecule has 106 valence electrons. The molecule has 18 heavy (non-hydrogen) atoms. The Hall–Kier alpha value is -0.123. The molecular weight excluding hydrogens is 240 g/mol. The van der Waals surface area contributed by atoms with Crippen LogP contribution in [0.4, 0.5) is 0 Å². The van der Waals surface area contributed by atoms with Crippen molar-refractivity contribution in [3.05, 3.63) is 11.6 Å². The van der Waals surface area contributed by atoms with Gasteiger partial charge in [0.25, 0.3) is 0 Å². The molecule has 0 aromatic heterocycles. The van der Waals surface area contributed by atoms with Crippen LogP contribution in [0.1, 0.15) is 48.0 Å². The molecule has 0 aromatic carbocycles. The van der Waals surface area contributed by atoms with Crippen LogP contribution in [0.25, 0.3) is 0 Å². The second kappa shape index (κ2) is 4.77. The largest absolute Gasteiger partial charge is 0.390 e. The van der Waals surface area contributed by atoms with Crippen molar-refractivity contribution < 1.29 is 9.53 Å². The number of allylic oxidation sites excluding steroid dienone is 1. The van der Waals surface area contributed by atoms with Crippen molar-refractivity contribution in [3.8, 4) is 0 Å². The van der Waals surface area contributed by atoms with Crippen LogP contribution in [0.2, 0.25) is 13.1 Å². The first-order valence-corrected chi connectivity index (χ1v) is 9.77. The fourth-order valence-corrected chi connectivity index (χ4v) is 4.03. The lowest BCUT2D eigenvalue weighted by molar-refractivity contribution is -0.199. The molecule has 0 amide bonds. The number of rotatable bonds is 2. The van der Waals surface area contributed by atoms with Gasteiger partial charge in [0.1, 0.15) is 0 Å². The van der Waals surface area contributed by atoms with Gasteiger partial charge in [0, 0.05) is 5.41 Å². The van der Waals surface area contributed by atoms with Crippen molar-refractivity contribution >= 4 is 9.04 Å². The van der Waals surface area contributed by atoms with Crippen molar-refractivity contribution in [3.63, 3.8) is 0 Å². The molecule has 0 saturated heterocycles. The van der Waals surface area contributed by atoms with Gasteiger partial charge in [0.15, 0.2) is 14.8 Å². The molecule has 2 nitrogen and oxygen atoms in total. The van der Waals surface area contributed by atoms with E-state index < -0.39 is 14.8 Å². The predicted octanol–water partition coefficient (Wildman–Crippen LogP) is 3.71. The van der Waals surface area contributed by atoms with Crippen LogP contribution < -0.4 is 0 Å². The third kappa shape index (κ3) is 2.89. The van der Waals surface area contributed by atoms with E-state index in [0.29, 0.717) is 5.92 Å². The summed E-state index contributed by atoms with van der Waals surface area (Å²) in [7, 11) is -1.28. The van der Waals surface area contributed by atoms with E-state index in [9.17, 15) is 5.11 Å². The van der Waals surface area contributed by atoms with Gasteiger partial charge in [0.05, 0.1) is 0 Å². The monoisotopic (exact) mass is 270 g/mol. The predicted molar refractivity (Wildman–Crippen MR) is 80.0 cm³/mol. The van der Waals surface area contributed by atoms with E-state index in [1.165, 1.54) is 0 Å². The van der Waals surface area contributed by atoms with Gasteiger partial charge in [-0.3, -0.25) is 0 Å². The second-order valence-electron chi connectivity index (χ2n) is 7.72. The third-order valence-electron chi connectivity index (χ3n) is 4.15. The van der Waals surface area contributed by atoms with Crippen molar-refractivity contribution in [1.29, 1.82) is 0 Å². The first-order chi connectivity index (χ1) is 7.90. The smallest absolute Gasteiger partial charge is 0.183 e. The molecule has 0 aromatic rings. The molecular formula is C15H30O2Si. The highest BCUT2D eigenvalue weighted by molar-refractivity contribution is 6.48. The van der Waals surface area contributed by atoms with Crippen LogP contribution in [0.5, 0.6) is 0 Å². The first kappa shape index (κ1) is 15.9. The van der Waals surface area contributed by atoms with E-state index in [0.717, 1.165) is 12.0 Å². The maximum Gasteiger partial charge on any atom is 0.183 e. The Morgan fingerprint density at radius 1 is 1.33 bits per heavy atom. The number of hydrogen-bond donors (Lipinski definition) is 1. The van der Waals surface area contributed by atoms with Crippen LogP contribution >= 0.6 is 0 Å². The summed E-state index contributed by atoms with van der Waals surface area (Å²) >= 11 is 0. The van der Waals surface area contributed by atoms with Gasteiger partial charge in [-0.2, -0.15) is 0 Å². The van der Waals surface area contributed by atoms with Gasteiger partial charge in [-0.15, -0.1) is 0 Å². The molecule has 1 aliphatic carbocycles. The highest BCUT2D eigenvalue weighted by Crippen LogP contribution is 2.51. The lowest BCUT2D eigenvalue weighted by atomic mass is 9.62. The standard InChI is InChI=1S/C15H30O2Si/c1-11-9-12(13(2,3)4)10-14(5,6)15(11,16)17-18(7)8/h9,12,16,18H,10H2,1-8H3/t12-,15+/m1/s1. The number of hydrogen-bond acceptors (Lipinski definition) is 2. The molecule has 3 heteroatoms. The normalized spacial score (nSPS) is 32.6. The summed E-state index contributed by atoms with van der Waals surface area (Å²) in [6, 6.07) is 0. The van der Waals surface area contributed by atoms with Gasteiger partial charge in [-0.25, -0.2) is 0 Å². The molecule has 0 saturated carbocycles. The summed E-state index contributed by atoms with van der Waals surface area (Å²) in [6.45, 7) is 17.3. The molecule has 0 spiro atoms. The zero-order valence-corrected chi connectivity index (χ0v) is 14.4. The van der Waals surface area contributed by atoms with Crippen LogP contribution in [0.3, 0.4) is 0 Å². The molecule has 1 rings (SSSR count). The Labute approximate surface area is 114 Å². The quantitative estimate of drug-likeness (QED) is 0.471. The van der Waals surface area contributed by atoms with Gasteiger partial charge >= 0.3 is 0 Å². The number of aliphatic hydroxyl groups is 1. The van der Waals surface area contributed by atoms with Crippen LogP contribution in [-0.2, 0) is 4.43 Å². The minimum atomic E-state index is -1.28. The Morgan fingerprint density at radius 3 is 2.17 bits per heavy atom. The molecule has 0 unspecified atom stereocenters. The minimum absolute atomic E-state index is 0.231. The van der Waals surface area contributed by atoms with E-state index >= 15 is 0 Å². The minimum Gasteiger partial charge on any atom is -0.390 e. The zero-order valence-electron chi connectivity index (χ0n) is 13.3. The molecule has 1 aliphatic rings. The van der Waals surface area contributed by atoms with Crippen molar-refractivity contribution in [2.45, 2.75) is 66.8 Å². The molecule has 0 bridgehead atoms. The summed E-state index contributed by atoms with van der Waals surface area (Å²) in [5, 5.41) is 11.0. The summed E-state index contributed by atoms with van der Waals surface area (Å²) in [4.78, 5) is 0. The van der Waals surface area contributed by atoms with Crippen molar-refractivity contribution in [2.24, 2.45) is 16.7 Å². The summed E-state index contributed by atoms with van der Waals surface area (Å²) in [5.74, 6) is -0.583. The van der Waals surface area contributed by atoms with Crippen molar-refractivity contribution in [2.75, 3.05) is 0 Å². The van der Waals surface area contributed by atoms with Gasteiger partial charge in [-0.1, -0.05) is 40.7 Å². The molecule has 0 aliphatic heterocycles. The van der Waals surface area contributed by atoms with Gasteiger partial charge in [0.2, 0.25) is 0 Å². The lowest BCUT2D eigenvalue weighted by Crippen LogP contribution is -2.54. The molecule has 0 fully saturated rings. The fraction of sp³-hybridized carbons (Fsp3) is 0.867. The van der Waals surface area contributed by atoms with E-state index in [4.69, 9.17) is 4.43 Å². The van der Waals surface area contributed by atoms with Gasteiger partial charge < -0.3 is 9.53 Å². The zero-order chi connectivity index (χ0) is 14.4. The van der Waals surface area contributed by atoms with Crippen LogP contribution in [-0.4, -0.2) is 19.9 Å². The first-order valence-electron chi connectivity index (χ1n) is 6.99. The summed E-state index contributed by atoms with van der Waals surface area (Å²) in [6.07, 6.45) is 3.19. The van der Waals surface area contributed by atoms with E-state index in [2.05, 4.69) is 53.8 Å². The average Bonchev–Trinajstić information content (AvgIpc) is 2.11. The molecule has 0 radical (unpaired) electrons. The Balaban J connectivity index is 3.16. The topological polar surface area (TPSA) is 29.5 Å². The van der Waals surface area contributed by atoms with E-state index in [1.54, 1.807) is 0 Å². The Kier molecular flexibility index (Phi) is 4.22. The average molecular weight is 270 g/mol. The van der Waals surface area contributed by atoms with E-state index in [-0.39, 0.29) is 10.8 Å². The van der Waals surface area contributed by atoms with Crippen LogP contribution in [0.15, 0.2) is 11.6 Å². The Morgan fingerprint density at radius 2 is 1.83 bits per heavy atom. The van der Waals surface area contributed by atoms with E-state index in [1.807, 2.05) is 6.92 Å². The van der Waals surface area contributed by atoms with Crippen molar-refractivity contribution in [1.82, 2.24) is 0 Å². The summed E-state index contributed by atoms with van der Waals surface area (Å²) < 4.78 is 5.99. The third-order valence-corrected chi connectivity index (χ3v) is 4.96. The van der Waals surface area contributed by atoms with Crippen LogP contribution in [0, 0.1) is 16.7 Å². The van der Waals surface area contributed by atoms with Gasteiger partial charge in [-0.05, 0) is 43.3 Å². The summed E-state index contributed by atoms with van der Waals surface area (Å²) in [5.41, 5.74) is 0.982.